The molecule has 5 heteroatoms. The lowest BCUT2D eigenvalue weighted by Crippen LogP contribution is -2.25. The molecule has 23 heavy (non-hydrogen) atoms. The van der Waals surface area contributed by atoms with Gasteiger partial charge in [-0.05, 0) is 55.2 Å². The Morgan fingerprint density at radius 1 is 1.17 bits per heavy atom. The Morgan fingerprint density at radius 3 is 2.52 bits per heavy atom. The Kier molecular flexibility index (Phi) is 7.42. The Labute approximate surface area is 143 Å². The highest BCUT2D eigenvalue weighted by Crippen LogP contribution is 2.13. The molecule has 3 N–H and O–H groups in total. The molecule has 2 rings (SSSR count). The van der Waals surface area contributed by atoms with E-state index < -0.39 is 0 Å². The molecule has 4 nitrogen and oxygen atoms in total. The van der Waals surface area contributed by atoms with Crippen LogP contribution in [0.25, 0.3) is 0 Å². The smallest absolute Gasteiger partial charge is 0.251 e. The van der Waals surface area contributed by atoms with Gasteiger partial charge in [-0.25, -0.2) is 0 Å². The van der Waals surface area contributed by atoms with Gasteiger partial charge in [0.05, 0.1) is 7.11 Å². The first-order chi connectivity index (χ1) is 10.6. The van der Waals surface area contributed by atoms with Gasteiger partial charge in [-0.15, -0.1) is 12.4 Å². The summed E-state index contributed by atoms with van der Waals surface area (Å²) in [6, 6.07) is 13.4. The number of rotatable bonds is 6. The molecule has 0 saturated carbocycles. The molecule has 0 unspecified atom stereocenters. The number of methoxy groups -OCH3 is 1. The Hall–Kier alpha value is -2.20. The van der Waals surface area contributed by atoms with E-state index >= 15 is 0 Å². The molecule has 0 fully saturated rings. The number of carbonyl (C=O) groups excluding carboxylic acids is 1. The highest BCUT2D eigenvalue weighted by molar-refractivity contribution is 5.96. The van der Waals surface area contributed by atoms with E-state index in [1.807, 2.05) is 37.3 Å². The van der Waals surface area contributed by atoms with E-state index in [2.05, 4.69) is 5.32 Å². The molecule has 0 saturated heterocycles. The second-order valence-electron chi connectivity index (χ2n) is 5.28. The number of hydrogen-bond acceptors (Lipinski definition) is 3. The van der Waals surface area contributed by atoms with Crippen LogP contribution in [-0.4, -0.2) is 19.6 Å². The number of halogens is 1. The minimum atomic E-state index is -0.0699. The van der Waals surface area contributed by atoms with Crippen molar-refractivity contribution in [2.45, 2.75) is 19.8 Å². The van der Waals surface area contributed by atoms with E-state index in [1.54, 1.807) is 19.2 Å². The first-order valence-corrected chi connectivity index (χ1v) is 7.37. The Bertz CT molecular complexity index is 642. The minimum Gasteiger partial charge on any atom is -0.497 e. The molecule has 0 aromatic heterocycles. The molecule has 124 valence electrons. The third kappa shape index (κ3) is 5.49. The first kappa shape index (κ1) is 18.8. The fourth-order valence-electron chi connectivity index (χ4n) is 2.27. The van der Waals surface area contributed by atoms with Crippen LogP contribution < -0.4 is 15.8 Å². The largest absolute Gasteiger partial charge is 0.497 e. The van der Waals surface area contributed by atoms with Gasteiger partial charge in [0.15, 0.2) is 0 Å². The van der Waals surface area contributed by atoms with Gasteiger partial charge in [-0.3, -0.25) is 4.79 Å². The van der Waals surface area contributed by atoms with Crippen LogP contribution in [0.2, 0.25) is 0 Å². The van der Waals surface area contributed by atoms with Gasteiger partial charge in [0.25, 0.3) is 5.91 Å². The molecule has 0 heterocycles. The number of ether oxygens (including phenoxy) is 1. The molecule has 0 aliphatic rings. The molecule has 2 aromatic rings. The average Bonchev–Trinajstić information content (AvgIpc) is 2.54. The minimum absolute atomic E-state index is 0. The second-order valence-corrected chi connectivity index (χ2v) is 5.28. The highest BCUT2D eigenvalue weighted by atomic mass is 35.5. The van der Waals surface area contributed by atoms with Crippen LogP contribution in [0.1, 0.15) is 27.9 Å². The summed E-state index contributed by atoms with van der Waals surface area (Å²) in [7, 11) is 1.66. The van der Waals surface area contributed by atoms with Crippen molar-refractivity contribution in [1.82, 2.24) is 5.32 Å². The van der Waals surface area contributed by atoms with Crippen molar-refractivity contribution in [3.63, 3.8) is 0 Å². The summed E-state index contributed by atoms with van der Waals surface area (Å²) in [6.07, 6.45) is 1.81. The average molecular weight is 335 g/mol. The van der Waals surface area contributed by atoms with E-state index in [0.717, 1.165) is 24.2 Å². The summed E-state index contributed by atoms with van der Waals surface area (Å²) in [5.74, 6) is 0.786. The lowest BCUT2D eigenvalue weighted by atomic mass is 10.1. The van der Waals surface area contributed by atoms with Crippen LogP contribution in [0.5, 0.6) is 5.75 Å². The zero-order chi connectivity index (χ0) is 15.9. The van der Waals surface area contributed by atoms with Crippen molar-refractivity contribution in [3.8, 4) is 5.75 Å². The fraction of sp³-hybridized carbons (Fsp3) is 0.278. The van der Waals surface area contributed by atoms with Crippen LogP contribution >= 0.6 is 12.4 Å². The van der Waals surface area contributed by atoms with Gasteiger partial charge in [0.2, 0.25) is 0 Å². The zero-order valence-corrected chi connectivity index (χ0v) is 14.3. The number of nitrogens with two attached hydrogens (primary N) is 1. The van der Waals surface area contributed by atoms with Crippen molar-refractivity contribution < 1.29 is 9.53 Å². The summed E-state index contributed by atoms with van der Waals surface area (Å²) in [4.78, 5) is 12.1. The van der Waals surface area contributed by atoms with E-state index in [1.165, 1.54) is 5.56 Å². The van der Waals surface area contributed by atoms with Crippen LogP contribution in [-0.2, 0) is 6.42 Å². The van der Waals surface area contributed by atoms with Gasteiger partial charge < -0.3 is 15.8 Å². The van der Waals surface area contributed by atoms with Crippen molar-refractivity contribution in [2.24, 2.45) is 0 Å². The number of anilines is 1. The molecular weight excluding hydrogens is 312 g/mol. The number of carbonyl (C=O) groups is 1. The molecule has 0 aliphatic carbocycles. The number of aryl methyl sites for hydroxylation is 2. The SMILES string of the molecule is COc1ccc(CCCNC(=O)c2cc(N)ccc2C)cc1.Cl. The predicted octanol–water partition coefficient (Wildman–Crippen LogP) is 3.37. The van der Waals surface area contributed by atoms with Crippen LogP contribution in [0.15, 0.2) is 42.5 Å². The fourth-order valence-corrected chi connectivity index (χ4v) is 2.27. The lowest BCUT2D eigenvalue weighted by Gasteiger charge is -2.09. The maximum Gasteiger partial charge on any atom is 0.251 e. The normalized spacial score (nSPS) is 9.83. The molecule has 2 aromatic carbocycles. The maximum atomic E-state index is 12.1. The van der Waals surface area contributed by atoms with Gasteiger partial charge >= 0.3 is 0 Å². The third-order valence-corrected chi connectivity index (χ3v) is 3.59. The first-order valence-electron chi connectivity index (χ1n) is 7.37. The standard InChI is InChI=1S/C18H22N2O2.ClH/c1-13-5-8-15(19)12-17(13)18(21)20-11-3-4-14-6-9-16(22-2)10-7-14;/h5-10,12H,3-4,11,19H2,1-2H3,(H,20,21);1H. The molecule has 0 spiro atoms. The van der Waals surface area contributed by atoms with Gasteiger partial charge in [0.1, 0.15) is 5.75 Å². The summed E-state index contributed by atoms with van der Waals surface area (Å²) in [6.45, 7) is 2.55. The van der Waals surface area contributed by atoms with Crippen molar-refractivity contribution in [2.75, 3.05) is 19.4 Å². The monoisotopic (exact) mass is 334 g/mol. The molecule has 1 amide bonds. The van der Waals surface area contributed by atoms with Crippen molar-refractivity contribution in [3.05, 3.63) is 59.2 Å². The number of nitrogen functional groups attached to an aromatic ring is 1. The van der Waals surface area contributed by atoms with E-state index in [0.29, 0.717) is 17.8 Å². The van der Waals surface area contributed by atoms with Crippen LogP contribution in [0.3, 0.4) is 0 Å². The topological polar surface area (TPSA) is 64.3 Å². The maximum absolute atomic E-state index is 12.1. The van der Waals surface area contributed by atoms with Crippen LogP contribution in [0.4, 0.5) is 5.69 Å². The van der Waals surface area contributed by atoms with Gasteiger partial charge in [0, 0.05) is 17.8 Å². The number of hydrogen-bond donors (Lipinski definition) is 2. The number of amides is 1. The molecule has 0 bridgehead atoms. The number of benzene rings is 2. The Morgan fingerprint density at radius 2 is 1.87 bits per heavy atom. The van der Waals surface area contributed by atoms with Crippen LogP contribution in [0, 0.1) is 6.92 Å². The molecule has 0 aliphatic heterocycles. The third-order valence-electron chi connectivity index (χ3n) is 3.59. The molecular formula is C18H23ClN2O2. The van der Waals surface area contributed by atoms with Gasteiger partial charge in [-0.1, -0.05) is 18.2 Å². The summed E-state index contributed by atoms with van der Waals surface area (Å²) >= 11 is 0. The summed E-state index contributed by atoms with van der Waals surface area (Å²) < 4.78 is 5.13. The second kappa shape index (κ2) is 9.06. The quantitative estimate of drug-likeness (QED) is 0.629. The van der Waals surface area contributed by atoms with Gasteiger partial charge in [-0.2, -0.15) is 0 Å². The molecule has 0 atom stereocenters. The zero-order valence-electron chi connectivity index (χ0n) is 13.5. The van der Waals surface area contributed by atoms with E-state index in [4.69, 9.17) is 10.5 Å². The highest BCUT2D eigenvalue weighted by Gasteiger charge is 2.08. The Balaban J connectivity index is 0.00000264. The van der Waals surface area contributed by atoms with Crippen molar-refractivity contribution in [1.29, 1.82) is 0 Å². The lowest BCUT2D eigenvalue weighted by molar-refractivity contribution is 0.0952. The predicted molar refractivity (Wildman–Crippen MR) is 96.5 cm³/mol. The van der Waals surface area contributed by atoms with E-state index in [-0.39, 0.29) is 18.3 Å². The van der Waals surface area contributed by atoms with Crippen molar-refractivity contribution >= 4 is 24.0 Å². The summed E-state index contributed by atoms with van der Waals surface area (Å²) in [5.41, 5.74) is 9.14. The number of nitrogens with one attached hydrogen (secondary N) is 1. The van der Waals surface area contributed by atoms with E-state index in [9.17, 15) is 4.79 Å². The summed E-state index contributed by atoms with van der Waals surface area (Å²) in [5, 5.41) is 2.94. The molecule has 0 radical (unpaired) electrons.